The van der Waals surface area contributed by atoms with Gasteiger partial charge in [0.25, 0.3) is 5.91 Å². The van der Waals surface area contributed by atoms with E-state index in [9.17, 15) is 18.0 Å². The Morgan fingerprint density at radius 3 is 2.44 bits per heavy atom. The molecule has 140 valence electrons. The minimum Gasteiger partial charge on any atom is -0.355 e. The number of nitrogens with zero attached hydrogens (tertiary/aromatic N) is 1. The van der Waals surface area contributed by atoms with Gasteiger partial charge in [0.1, 0.15) is 0 Å². The van der Waals surface area contributed by atoms with Crippen molar-refractivity contribution in [1.82, 2.24) is 14.9 Å². The summed E-state index contributed by atoms with van der Waals surface area (Å²) in [5, 5.41) is 5.09. The van der Waals surface area contributed by atoms with Crippen LogP contribution in [0.1, 0.15) is 30.6 Å². The van der Waals surface area contributed by atoms with Crippen LogP contribution in [0.3, 0.4) is 0 Å². The Bertz CT molecular complexity index is 687. The fourth-order valence-corrected chi connectivity index (χ4v) is 3.67. The van der Waals surface area contributed by atoms with Crippen LogP contribution in [0.2, 0.25) is 0 Å². The zero-order chi connectivity index (χ0) is 18.9. The number of nitrogens with one attached hydrogen (secondary N) is 2. The van der Waals surface area contributed by atoms with Gasteiger partial charge < -0.3 is 16.4 Å². The van der Waals surface area contributed by atoms with Crippen molar-refractivity contribution in [2.24, 2.45) is 5.73 Å². The molecule has 1 aromatic carbocycles. The molecular weight excluding hydrogens is 344 g/mol. The fourth-order valence-electron chi connectivity index (χ4n) is 2.17. The SMILES string of the molecule is CCN(CC)S(=O)(=O)c1cccc(C(=O)NCC(=O)NCCCN)c1. The molecule has 1 aromatic rings. The van der Waals surface area contributed by atoms with Crippen molar-refractivity contribution in [3.8, 4) is 0 Å². The molecule has 0 aliphatic carbocycles. The van der Waals surface area contributed by atoms with Gasteiger partial charge in [0, 0.05) is 25.2 Å². The summed E-state index contributed by atoms with van der Waals surface area (Å²) in [5.41, 5.74) is 5.51. The molecule has 0 saturated carbocycles. The van der Waals surface area contributed by atoms with Crippen molar-refractivity contribution in [2.75, 3.05) is 32.7 Å². The van der Waals surface area contributed by atoms with Crippen molar-refractivity contribution in [1.29, 1.82) is 0 Å². The predicted octanol–water partition coefficient (Wildman–Crippen LogP) is -0.0881. The third kappa shape index (κ3) is 6.11. The number of carbonyl (C=O) groups is 2. The van der Waals surface area contributed by atoms with E-state index in [0.29, 0.717) is 32.6 Å². The lowest BCUT2D eigenvalue weighted by atomic mass is 10.2. The highest BCUT2D eigenvalue weighted by Gasteiger charge is 2.22. The van der Waals surface area contributed by atoms with Crippen LogP contribution >= 0.6 is 0 Å². The van der Waals surface area contributed by atoms with Gasteiger partial charge in [0.15, 0.2) is 0 Å². The number of hydrogen-bond acceptors (Lipinski definition) is 5. The van der Waals surface area contributed by atoms with E-state index in [1.807, 2.05) is 0 Å². The number of carbonyl (C=O) groups excluding carboxylic acids is 2. The monoisotopic (exact) mass is 370 g/mol. The zero-order valence-electron chi connectivity index (χ0n) is 14.6. The molecule has 0 heterocycles. The number of sulfonamides is 1. The predicted molar refractivity (Wildman–Crippen MR) is 95.6 cm³/mol. The Morgan fingerprint density at radius 2 is 1.84 bits per heavy atom. The molecule has 0 unspecified atom stereocenters. The zero-order valence-corrected chi connectivity index (χ0v) is 15.4. The Balaban J connectivity index is 2.77. The lowest BCUT2D eigenvalue weighted by Gasteiger charge is -2.18. The first-order valence-corrected chi connectivity index (χ1v) is 9.66. The molecule has 0 bridgehead atoms. The topological polar surface area (TPSA) is 122 Å². The van der Waals surface area contributed by atoms with Crippen molar-refractivity contribution in [2.45, 2.75) is 25.2 Å². The number of rotatable bonds is 10. The molecule has 0 saturated heterocycles. The molecule has 25 heavy (non-hydrogen) atoms. The first-order chi connectivity index (χ1) is 11.9. The van der Waals surface area contributed by atoms with Crippen LogP contribution in [0.4, 0.5) is 0 Å². The van der Waals surface area contributed by atoms with Crippen LogP contribution < -0.4 is 16.4 Å². The quantitative estimate of drug-likeness (QED) is 0.497. The van der Waals surface area contributed by atoms with Gasteiger partial charge in [0.2, 0.25) is 15.9 Å². The molecule has 2 amide bonds. The van der Waals surface area contributed by atoms with Gasteiger partial charge >= 0.3 is 0 Å². The van der Waals surface area contributed by atoms with Crippen LogP contribution in [0.5, 0.6) is 0 Å². The van der Waals surface area contributed by atoms with Crippen LogP contribution in [-0.4, -0.2) is 57.3 Å². The van der Waals surface area contributed by atoms with Gasteiger partial charge in [-0.3, -0.25) is 9.59 Å². The first kappa shape index (κ1) is 21.1. The summed E-state index contributed by atoms with van der Waals surface area (Å²) in [6, 6.07) is 5.77. The molecular formula is C16H26N4O4S. The van der Waals surface area contributed by atoms with E-state index in [-0.39, 0.29) is 22.9 Å². The molecule has 0 fully saturated rings. The lowest BCUT2D eigenvalue weighted by Crippen LogP contribution is -2.37. The van der Waals surface area contributed by atoms with Crippen LogP contribution in [0, 0.1) is 0 Å². The smallest absolute Gasteiger partial charge is 0.251 e. The Morgan fingerprint density at radius 1 is 1.16 bits per heavy atom. The molecule has 4 N–H and O–H groups in total. The van der Waals surface area contributed by atoms with Gasteiger partial charge in [-0.15, -0.1) is 0 Å². The van der Waals surface area contributed by atoms with Gasteiger partial charge in [-0.1, -0.05) is 19.9 Å². The summed E-state index contributed by atoms with van der Waals surface area (Å²) in [6.45, 7) is 4.93. The standard InChI is InChI=1S/C16H26N4O4S/c1-3-20(4-2)25(23,24)14-8-5-7-13(11-14)16(22)19-12-15(21)18-10-6-9-17/h5,7-8,11H,3-4,6,9-10,12,17H2,1-2H3,(H,18,21)(H,19,22). The lowest BCUT2D eigenvalue weighted by molar-refractivity contribution is -0.120. The first-order valence-electron chi connectivity index (χ1n) is 8.22. The van der Waals surface area contributed by atoms with Crippen LogP contribution in [0.15, 0.2) is 29.2 Å². The van der Waals surface area contributed by atoms with E-state index >= 15 is 0 Å². The third-order valence-corrected chi connectivity index (χ3v) is 5.60. The molecule has 9 heteroatoms. The average Bonchev–Trinajstić information content (AvgIpc) is 2.60. The number of benzene rings is 1. The molecule has 0 radical (unpaired) electrons. The number of nitrogens with two attached hydrogens (primary N) is 1. The number of hydrogen-bond donors (Lipinski definition) is 3. The summed E-state index contributed by atoms with van der Waals surface area (Å²) in [4.78, 5) is 23.8. The van der Waals surface area contributed by atoms with Crippen LogP contribution in [-0.2, 0) is 14.8 Å². The second-order valence-electron chi connectivity index (χ2n) is 5.29. The van der Waals surface area contributed by atoms with E-state index in [1.165, 1.54) is 28.6 Å². The molecule has 1 rings (SSSR count). The summed E-state index contributed by atoms with van der Waals surface area (Å²) in [6.07, 6.45) is 0.658. The molecule has 0 spiro atoms. The summed E-state index contributed by atoms with van der Waals surface area (Å²) in [5.74, 6) is -0.834. The maximum atomic E-state index is 12.5. The maximum absolute atomic E-state index is 12.5. The minimum absolute atomic E-state index is 0.0521. The highest BCUT2D eigenvalue weighted by atomic mass is 32.2. The Hall–Kier alpha value is -1.97. The molecule has 8 nitrogen and oxygen atoms in total. The summed E-state index contributed by atoms with van der Waals surface area (Å²) >= 11 is 0. The number of amides is 2. The highest BCUT2D eigenvalue weighted by molar-refractivity contribution is 7.89. The second kappa shape index (κ2) is 10.1. The fraction of sp³-hybridized carbons (Fsp3) is 0.500. The van der Waals surface area contributed by atoms with Crippen molar-refractivity contribution in [3.05, 3.63) is 29.8 Å². The van der Waals surface area contributed by atoms with Crippen molar-refractivity contribution >= 4 is 21.8 Å². The summed E-state index contributed by atoms with van der Waals surface area (Å²) in [7, 11) is -3.64. The minimum atomic E-state index is -3.64. The van der Waals surface area contributed by atoms with E-state index in [0.717, 1.165) is 0 Å². The van der Waals surface area contributed by atoms with Gasteiger partial charge in [0.05, 0.1) is 11.4 Å². The normalized spacial score (nSPS) is 11.4. The van der Waals surface area contributed by atoms with E-state index in [2.05, 4.69) is 10.6 Å². The van der Waals surface area contributed by atoms with Gasteiger partial charge in [-0.25, -0.2) is 8.42 Å². The van der Waals surface area contributed by atoms with Crippen LogP contribution in [0.25, 0.3) is 0 Å². The Labute approximate surface area is 148 Å². The maximum Gasteiger partial charge on any atom is 0.251 e. The van der Waals surface area contributed by atoms with Gasteiger partial charge in [-0.05, 0) is 31.2 Å². The van der Waals surface area contributed by atoms with Crippen molar-refractivity contribution < 1.29 is 18.0 Å². The van der Waals surface area contributed by atoms with E-state index in [1.54, 1.807) is 13.8 Å². The Kier molecular flexibility index (Phi) is 8.53. The third-order valence-electron chi connectivity index (χ3n) is 3.55. The van der Waals surface area contributed by atoms with Gasteiger partial charge in [-0.2, -0.15) is 4.31 Å². The highest BCUT2D eigenvalue weighted by Crippen LogP contribution is 2.16. The average molecular weight is 370 g/mol. The second-order valence-corrected chi connectivity index (χ2v) is 7.23. The largest absolute Gasteiger partial charge is 0.355 e. The van der Waals surface area contributed by atoms with Crippen molar-refractivity contribution in [3.63, 3.8) is 0 Å². The molecule has 0 atom stereocenters. The molecule has 0 aliphatic rings. The molecule has 0 aromatic heterocycles. The van der Waals surface area contributed by atoms with E-state index < -0.39 is 15.9 Å². The van der Waals surface area contributed by atoms with E-state index in [4.69, 9.17) is 5.73 Å². The summed E-state index contributed by atoms with van der Waals surface area (Å²) < 4.78 is 26.3. The molecule has 0 aliphatic heterocycles.